The van der Waals surface area contributed by atoms with E-state index in [9.17, 15) is 9.90 Å². The molecule has 7 rings (SSSR count). The summed E-state index contributed by atoms with van der Waals surface area (Å²) in [6, 6.07) is 17.4. The van der Waals surface area contributed by atoms with Crippen molar-refractivity contribution in [2.24, 2.45) is 17.3 Å². The number of likely N-dealkylation sites (tertiary alicyclic amines) is 2. The first kappa shape index (κ1) is 18.3. The number of carbonyl (C=O) groups excluding carboxylic acids is 1. The zero-order chi connectivity index (χ0) is 21.0. The molecule has 2 saturated carbocycles. The standard InChI is InChI=1S/C27H30N2O2/c1-28-12-11-27-21-14-19(30)8-7-18(21)13-23(28)26(27)10-9-22-24(27)20(15-26)25(31)29(22)16-17-5-3-2-4-6-17/h2-8,14,20,22-24,30H,9-13,15-16H2,1H3/t20-,22+,23+,24+,26+,27-/m0/s1. The second-order valence-electron chi connectivity index (χ2n) is 10.8. The number of amides is 1. The molecule has 2 aromatic carbocycles. The maximum Gasteiger partial charge on any atom is 0.226 e. The Bertz CT molecular complexity index is 1080. The third kappa shape index (κ3) is 2.03. The Morgan fingerprint density at radius 2 is 1.97 bits per heavy atom. The molecule has 4 heteroatoms. The first-order valence-electron chi connectivity index (χ1n) is 11.9. The number of benzene rings is 2. The monoisotopic (exact) mass is 414 g/mol. The molecule has 0 radical (unpaired) electrons. The molecule has 0 unspecified atom stereocenters. The van der Waals surface area contributed by atoms with Gasteiger partial charge in [0.15, 0.2) is 0 Å². The molecule has 0 spiro atoms. The summed E-state index contributed by atoms with van der Waals surface area (Å²) >= 11 is 0. The average molecular weight is 415 g/mol. The molecule has 4 nitrogen and oxygen atoms in total. The van der Waals surface area contributed by atoms with Crippen LogP contribution in [0.3, 0.4) is 0 Å². The highest BCUT2D eigenvalue weighted by Gasteiger charge is 2.77. The molecule has 3 aliphatic carbocycles. The number of phenols is 1. The number of fused-ring (bicyclic) bond motifs is 1. The molecule has 31 heavy (non-hydrogen) atoms. The number of rotatable bonds is 2. The van der Waals surface area contributed by atoms with E-state index in [1.54, 1.807) is 0 Å². The van der Waals surface area contributed by atoms with Crippen molar-refractivity contribution in [3.8, 4) is 5.75 Å². The van der Waals surface area contributed by atoms with E-state index < -0.39 is 0 Å². The Kier molecular flexibility index (Phi) is 3.49. The molecule has 0 aromatic heterocycles. The second-order valence-corrected chi connectivity index (χ2v) is 10.8. The number of hydrogen-bond acceptors (Lipinski definition) is 3. The van der Waals surface area contributed by atoms with Gasteiger partial charge in [0.05, 0.1) is 0 Å². The van der Waals surface area contributed by atoms with Crippen LogP contribution in [0.25, 0.3) is 0 Å². The molecule has 4 bridgehead atoms. The first-order valence-corrected chi connectivity index (χ1v) is 11.9. The summed E-state index contributed by atoms with van der Waals surface area (Å²) in [6.45, 7) is 1.82. The number of piperidine rings is 1. The molecular formula is C27H30N2O2. The largest absolute Gasteiger partial charge is 0.508 e. The van der Waals surface area contributed by atoms with E-state index in [0.29, 0.717) is 29.7 Å². The highest BCUT2D eigenvalue weighted by Crippen LogP contribution is 2.75. The van der Waals surface area contributed by atoms with Crippen molar-refractivity contribution in [2.45, 2.75) is 56.1 Å². The summed E-state index contributed by atoms with van der Waals surface area (Å²) in [4.78, 5) is 18.6. The zero-order valence-corrected chi connectivity index (χ0v) is 18.1. The maximum absolute atomic E-state index is 13.8. The molecule has 2 aromatic rings. The van der Waals surface area contributed by atoms with Crippen LogP contribution in [-0.4, -0.2) is 46.5 Å². The van der Waals surface area contributed by atoms with Crippen LogP contribution in [0.5, 0.6) is 5.75 Å². The van der Waals surface area contributed by atoms with Crippen LogP contribution in [0.1, 0.15) is 42.4 Å². The molecule has 2 aliphatic heterocycles. The molecule has 5 aliphatic rings. The van der Waals surface area contributed by atoms with E-state index in [0.717, 1.165) is 38.8 Å². The molecule has 2 saturated heterocycles. The van der Waals surface area contributed by atoms with Crippen LogP contribution in [0.15, 0.2) is 48.5 Å². The molecule has 160 valence electrons. The molecule has 1 N–H and O–H groups in total. The van der Waals surface area contributed by atoms with Gasteiger partial charge in [-0.05, 0) is 79.9 Å². The lowest BCUT2D eigenvalue weighted by atomic mass is 9.43. The van der Waals surface area contributed by atoms with Gasteiger partial charge >= 0.3 is 0 Å². The van der Waals surface area contributed by atoms with Gasteiger partial charge in [0, 0.05) is 35.9 Å². The summed E-state index contributed by atoms with van der Waals surface area (Å²) in [5.41, 5.74) is 4.23. The van der Waals surface area contributed by atoms with Crippen LogP contribution < -0.4 is 0 Å². The highest BCUT2D eigenvalue weighted by atomic mass is 16.3. The van der Waals surface area contributed by atoms with Crippen molar-refractivity contribution >= 4 is 5.91 Å². The van der Waals surface area contributed by atoms with Gasteiger partial charge in [0.1, 0.15) is 5.75 Å². The van der Waals surface area contributed by atoms with Crippen molar-refractivity contribution in [3.63, 3.8) is 0 Å². The summed E-state index contributed by atoms with van der Waals surface area (Å²) in [5.74, 6) is 1.29. The fourth-order valence-corrected chi connectivity index (χ4v) is 9.07. The van der Waals surface area contributed by atoms with Crippen molar-refractivity contribution in [3.05, 3.63) is 65.2 Å². The van der Waals surface area contributed by atoms with E-state index in [1.165, 1.54) is 23.1 Å². The van der Waals surface area contributed by atoms with Crippen molar-refractivity contribution < 1.29 is 9.90 Å². The number of nitrogens with zero attached hydrogens (tertiary/aromatic N) is 2. The smallest absolute Gasteiger partial charge is 0.226 e. The predicted molar refractivity (Wildman–Crippen MR) is 119 cm³/mol. The summed E-state index contributed by atoms with van der Waals surface area (Å²) in [6.07, 6.45) is 5.52. The summed E-state index contributed by atoms with van der Waals surface area (Å²) in [7, 11) is 2.29. The van der Waals surface area contributed by atoms with Gasteiger partial charge in [-0.1, -0.05) is 36.4 Å². The minimum absolute atomic E-state index is 0.0329. The third-order valence-corrected chi connectivity index (χ3v) is 9.99. The Hall–Kier alpha value is -2.33. The van der Waals surface area contributed by atoms with E-state index in [2.05, 4.69) is 53.2 Å². The maximum atomic E-state index is 13.8. The number of carbonyl (C=O) groups is 1. The number of likely N-dealkylation sites (N-methyl/N-ethyl adjacent to an activating group) is 1. The van der Waals surface area contributed by atoms with Crippen LogP contribution in [0.4, 0.5) is 0 Å². The van der Waals surface area contributed by atoms with Gasteiger partial charge in [-0.2, -0.15) is 0 Å². The fraction of sp³-hybridized carbons (Fsp3) is 0.519. The summed E-state index contributed by atoms with van der Waals surface area (Å²) < 4.78 is 0. The zero-order valence-electron chi connectivity index (χ0n) is 18.1. The topological polar surface area (TPSA) is 43.8 Å². The number of aromatic hydroxyl groups is 1. The molecular weight excluding hydrogens is 384 g/mol. The van der Waals surface area contributed by atoms with Crippen molar-refractivity contribution in [1.29, 1.82) is 0 Å². The quantitative estimate of drug-likeness (QED) is 0.815. The Balaban J connectivity index is 1.40. The van der Waals surface area contributed by atoms with Gasteiger partial charge in [-0.3, -0.25) is 4.79 Å². The molecule has 6 atom stereocenters. The van der Waals surface area contributed by atoms with Gasteiger partial charge in [0.2, 0.25) is 5.91 Å². The highest BCUT2D eigenvalue weighted by molar-refractivity contribution is 5.84. The van der Waals surface area contributed by atoms with Gasteiger partial charge in [-0.15, -0.1) is 0 Å². The fourth-order valence-electron chi connectivity index (χ4n) is 9.07. The second kappa shape index (κ2) is 5.92. The molecule has 1 amide bonds. The first-order chi connectivity index (χ1) is 15.0. The van der Waals surface area contributed by atoms with E-state index >= 15 is 0 Å². The van der Waals surface area contributed by atoms with Crippen LogP contribution in [0, 0.1) is 17.3 Å². The van der Waals surface area contributed by atoms with Crippen LogP contribution in [0.2, 0.25) is 0 Å². The minimum Gasteiger partial charge on any atom is -0.508 e. The normalized spacial score (nSPS) is 40.0. The average Bonchev–Trinajstić information content (AvgIpc) is 3.15. The van der Waals surface area contributed by atoms with E-state index in [-0.39, 0.29) is 16.7 Å². The van der Waals surface area contributed by atoms with Crippen molar-refractivity contribution in [2.75, 3.05) is 13.6 Å². The summed E-state index contributed by atoms with van der Waals surface area (Å²) in [5, 5.41) is 10.5. The Morgan fingerprint density at radius 1 is 1.13 bits per heavy atom. The minimum atomic E-state index is 0.0329. The molecule has 4 fully saturated rings. The third-order valence-electron chi connectivity index (χ3n) is 9.99. The van der Waals surface area contributed by atoms with Gasteiger partial charge < -0.3 is 14.9 Å². The van der Waals surface area contributed by atoms with Gasteiger partial charge in [0.25, 0.3) is 0 Å². The lowest BCUT2D eigenvalue weighted by Crippen LogP contribution is -2.69. The number of phenolic OH excluding ortho intramolecular Hbond substituents is 1. The Morgan fingerprint density at radius 3 is 2.81 bits per heavy atom. The van der Waals surface area contributed by atoms with E-state index in [4.69, 9.17) is 0 Å². The number of hydrogen-bond donors (Lipinski definition) is 1. The molecule has 2 heterocycles. The predicted octanol–water partition coefficient (Wildman–Crippen LogP) is 3.72. The Labute approximate surface area is 183 Å². The van der Waals surface area contributed by atoms with Gasteiger partial charge in [-0.25, -0.2) is 0 Å². The van der Waals surface area contributed by atoms with E-state index in [1.807, 2.05) is 12.1 Å². The van der Waals surface area contributed by atoms with Crippen molar-refractivity contribution in [1.82, 2.24) is 9.80 Å². The van der Waals surface area contributed by atoms with Crippen LogP contribution in [-0.2, 0) is 23.2 Å². The SMILES string of the molecule is CN1CC[C@@]23c4cc(O)ccc4C[C@@H]1[C@]21CC[C@@H]2[C@H]3[C@H](C1)C(=O)N2Cc1ccccc1. The van der Waals surface area contributed by atoms with Crippen LogP contribution >= 0.6 is 0 Å². The lowest BCUT2D eigenvalue weighted by molar-refractivity contribution is -0.138. The lowest BCUT2D eigenvalue weighted by Gasteiger charge is -2.66.